The standard InChI is InChI=1S/C14H16F2N2O/c1-14(2)7-10(3-4-19-14)18-13-11(15)5-9(8-17)6-12(13)16/h5-6,10,18H,3-4,7H2,1-2H3. The van der Waals surface area contributed by atoms with Gasteiger partial charge in [0, 0.05) is 12.6 Å². The van der Waals surface area contributed by atoms with Gasteiger partial charge in [-0.05, 0) is 38.8 Å². The van der Waals surface area contributed by atoms with E-state index in [0.717, 1.165) is 12.1 Å². The number of rotatable bonds is 2. The van der Waals surface area contributed by atoms with Crippen molar-refractivity contribution in [3.8, 4) is 6.07 Å². The van der Waals surface area contributed by atoms with E-state index in [1.807, 2.05) is 13.8 Å². The number of anilines is 1. The van der Waals surface area contributed by atoms with Crippen LogP contribution in [0.25, 0.3) is 0 Å². The van der Waals surface area contributed by atoms with Gasteiger partial charge in [-0.2, -0.15) is 5.26 Å². The zero-order chi connectivity index (χ0) is 14.0. The molecule has 102 valence electrons. The van der Waals surface area contributed by atoms with Crippen LogP contribution in [-0.2, 0) is 4.74 Å². The third-order valence-electron chi connectivity index (χ3n) is 3.22. The molecule has 1 aromatic rings. The Morgan fingerprint density at radius 1 is 1.37 bits per heavy atom. The third-order valence-corrected chi connectivity index (χ3v) is 3.22. The van der Waals surface area contributed by atoms with E-state index in [1.165, 1.54) is 0 Å². The highest BCUT2D eigenvalue weighted by atomic mass is 19.1. The van der Waals surface area contributed by atoms with Gasteiger partial charge < -0.3 is 10.1 Å². The largest absolute Gasteiger partial charge is 0.377 e. The van der Waals surface area contributed by atoms with E-state index in [2.05, 4.69) is 5.32 Å². The van der Waals surface area contributed by atoms with E-state index >= 15 is 0 Å². The summed E-state index contributed by atoms with van der Waals surface area (Å²) in [4.78, 5) is 0. The fourth-order valence-electron chi connectivity index (χ4n) is 2.33. The van der Waals surface area contributed by atoms with Crippen LogP contribution in [0.5, 0.6) is 0 Å². The molecule has 0 bridgehead atoms. The number of halogens is 2. The van der Waals surface area contributed by atoms with Crippen LogP contribution in [0.3, 0.4) is 0 Å². The Morgan fingerprint density at radius 3 is 2.53 bits per heavy atom. The van der Waals surface area contributed by atoms with Gasteiger partial charge in [0.2, 0.25) is 0 Å². The lowest BCUT2D eigenvalue weighted by Gasteiger charge is -2.36. The number of hydrogen-bond acceptors (Lipinski definition) is 3. The van der Waals surface area contributed by atoms with E-state index in [1.54, 1.807) is 6.07 Å². The van der Waals surface area contributed by atoms with Gasteiger partial charge in [-0.25, -0.2) is 8.78 Å². The Morgan fingerprint density at radius 2 is 2.00 bits per heavy atom. The maximum atomic E-state index is 13.8. The van der Waals surface area contributed by atoms with Gasteiger partial charge >= 0.3 is 0 Å². The van der Waals surface area contributed by atoms with Crippen molar-refractivity contribution in [3.05, 3.63) is 29.3 Å². The molecule has 1 unspecified atom stereocenters. The third kappa shape index (κ3) is 3.21. The molecule has 5 heteroatoms. The highest BCUT2D eigenvalue weighted by molar-refractivity contribution is 5.51. The molecule has 0 amide bonds. The topological polar surface area (TPSA) is 45.0 Å². The minimum absolute atomic E-state index is 0.0205. The minimum Gasteiger partial charge on any atom is -0.377 e. The number of nitrogens with one attached hydrogen (secondary N) is 1. The lowest BCUT2D eigenvalue weighted by molar-refractivity contribution is -0.0553. The molecule has 1 aliphatic rings. The van der Waals surface area contributed by atoms with E-state index in [-0.39, 0.29) is 22.9 Å². The second-order valence-electron chi connectivity index (χ2n) is 5.37. The summed E-state index contributed by atoms with van der Waals surface area (Å²) in [6.07, 6.45) is 1.37. The first-order valence-corrected chi connectivity index (χ1v) is 6.21. The van der Waals surface area contributed by atoms with Crippen LogP contribution in [0, 0.1) is 23.0 Å². The first-order chi connectivity index (χ1) is 8.91. The summed E-state index contributed by atoms with van der Waals surface area (Å²) in [7, 11) is 0. The first kappa shape index (κ1) is 13.8. The van der Waals surface area contributed by atoms with Crippen LogP contribution in [0.15, 0.2) is 12.1 Å². The van der Waals surface area contributed by atoms with E-state index in [0.29, 0.717) is 19.4 Å². The van der Waals surface area contributed by atoms with Crippen molar-refractivity contribution in [1.29, 1.82) is 5.26 Å². The lowest BCUT2D eigenvalue weighted by Crippen LogP contribution is -2.40. The van der Waals surface area contributed by atoms with Gasteiger partial charge in [0.25, 0.3) is 0 Å². The van der Waals surface area contributed by atoms with Crippen molar-refractivity contribution in [2.45, 2.75) is 38.3 Å². The summed E-state index contributed by atoms with van der Waals surface area (Å²) < 4.78 is 33.1. The molecule has 0 radical (unpaired) electrons. The number of nitriles is 1. The van der Waals surface area contributed by atoms with E-state index in [4.69, 9.17) is 10.00 Å². The smallest absolute Gasteiger partial charge is 0.150 e. The van der Waals surface area contributed by atoms with Crippen molar-refractivity contribution in [2.75, 3.05) is 11.9 Å². The molecular formula is C14H16F2N2O. The normalized spacial score (nSPS) is 21.7. The lowest BCUT2D eigenvalue weighted by atomic mass is 9.93. The van der Waals surface area contributed by atoms with Crippen molar-refractivity contribution in [1.82, 2.24) is 0 Å². The molecular weight excluding hydrogens is 250 g/mol. The Balaban J connectivity index is 2.18. The Kier molecular flexibility index (Phi) is 3.72. The molecule has 0 aliphatic carbocycles. The van der Waals surface area contributed by atoms with Gasteiger partial charge in [-0.1, -0.05) is 0 Å². The van der Waals surface area contributed by atoms with Crippen molar-refractivity contribution in [2.24, 2.45) is 0 Å². The summed E-state index contributed by atoms with van der Waals surface area (Å²) in [6.45, 7) is 4.46. The molecule has 1 fully saturated rings. The number of benzene rings is 1. The van der Waals surface area contributed by atoms with Crippen LogP contribution in [0.1, 0.15) is 32.3 Å². The van der Waals surface area contributed by atoms with Crippen molar-refractivity contribution >= 4 is 5.69 Å². The first-order valence-electron chi connectivity index (χ1n) is 6.21. The molecule has 19 heavy (non-hydrogen) atoms. The summed E-state index contributed by atoms with van der Waals surface area (Å²) in [5, 5.41) is 11.5. The Hall–Kier alpha value is -1.67. The Bertz CT molecular complexity index is 500. The van der Waals surface area contributed by atoms with Gasteiger partial charge in [0.1, 0.15) is 5.69 Å². The fourth-order valence-corrected chi connectivity index (χ4v) is 2.33. The molecule has 1 aromatic carbocycles. The number of hydrogen-bond donors (Lipinski definition) is 1. The summed E-state index contributed by atoms with van der Waals surface area (Å²) in [5.41, 5.74) is -0.482. The summed E-state index contributed by atoms with van der Waals surface area (Å²) >= 11 is 0. The molecule has 0 saturated carbocycles. The number of ether oxygens (including phenoxy) is 1. The molecule has 0 aromatic heterocycles. The summed E-state index contributed by atoms with van der Waals surface area (Å²) in [5.74, 6) is -1.47. The predicted octanol–water partition coefficient (Wildman–Crippen LogP) is 3.21. The zero-order valence-corrected chi connectivity index (χ0v) is 11.0. The van der Waals surface area contributed by atoms with Gasteiger partial charge in [0.15, 0.2) is 11.6 Å². The molecule has 1 heterocycles. The molecule has 3 nitrogen and oxygen atoms in total. The second kappa shape index (κ2) is 5.14. The second-order valence-corrected chi connectivity index (χ2v) is 5.37. The van der Waals surface area contributed by atoms with Gasteiger partial charge in [-0.3, -0.25) is 0 Å². The molecule has 2 rings (SSSR count). The summed E-state index contributed by atoms with van der Waals surface area (Å²) in [6, 6.07) is 3.76. The molecule has 1 aliphatic heterocycles. The average Bonchev–Trinajstić information content (AvgIpc) is 2.32. The van der Waals surface area contributed by atoms with E-state index in [9.17, 15) is 8.78 Å². The van der Waals surface area contributed by atoms with Crippen molar-refractivity contribution in [3.63, 3.8) is 0 Å². The highest BCUT2D eigenvalue weighted by Gasteiger charge is 2.29. The Labute approximate surface area is 111 Å². The van der Waals surface area contributed by atoms with Crippen LogP contribution in [0.4, 0.5) is 14.5 Å². The van der Waals surface area contributed by atoms with E-state index < -0.39 is 11.6 Å². The predicted molar refractivity (Wildman–Crippen MR) is 67.7 cm³/mol. The van der Waals surface area contributed by atoms with Crippen LogP contribution < -0.4 is 5.32 Å². The monoisotopic (exact) mass is 266 g/mol. The van der Waals surface area contributed by atoms with Gasteiger partial charge in [-0.15, -0.1) is 0 Å². The average molecular weight is 266 g/mol. The zero-order valence-electron chi connectivity index (χ0n) is 11.0. The molecule has 0 spiro atoms. The van der Waals surface area contributed by atoms with Crippen LogP contribution in [0.2, 0.25) is 0 Å². The van der Waals surface area contributed by atoms with Crippen molar-refractivity contribution < 1.29 is 13.5 Å². The SMILES string of the molecule is CC1(C)CC(Nc2c(F)cc(C#N)cc2F)CCO1. The highest BCUT2D eigenvalue weighted by Crippen LogP contribution is 2.28. The van der Waals surface area contributed by atoms with Crippen LogP contribution in [-0.4, -0.2) is 18.2 Å². The maximum absolute atomic E-state index is 13.8. The fraction of sp³-hybridized carbons (Fsp3) is 0.500. The quantitative estimate of drug-likeness (QED) is 0.894. The van der Waals surface area contributed by atoms with Gasteiger partial charge in [0.05, 0.1) is 17.2 Å². The number of nitrogens with zero attached hydrogens (tertiary/aromatic N) is 1. The molecule has 1 saturated heterocycles. The van der Waals surface area contributed by atoms with Crippen LogP contribution >= 0.6 is 0 Å². The minimum atomic E-state index is -0.735. The maximum Gasteiger partial charge on any atom is 0.150 e. The molecule has 1 atom stereocenters. The molecule has 1 N–H and O–H groups in total.